The Balaban J connectivity index is 2.52. The number of nitro benzene ring substituents is 1. The van der Waals surface area contributed by atoms with Gasteiger partial charge >= 0.3 is 0 Å². The van der Waals surface area contributed by atoms with Crippen molar-refractivity contribution in [2.45, 2.75) is 13.0 Å². The SMILES string of the molecule is CC(N)c1noc(-c2ccc(F)cc2[N+](=O)[O-])n1. The number of nitrogens with zero attached hydrogens (tertiary/aromatic N) is 3. The minimum Gasteiger partial charge on any atom is -0.334 e. The van der Waals surface area contributed by atoms with Crippen LogP contribution in [0.2, 0.25) is 0 Å². The molecular formula is C10H9FN4O3. The summed E-state index contributed by atoms with van der Waals surface area (Å²) in [6.07, 6.45) is 0. The highest BCUT2D eigenvalue weighted by atomic mass is 19.1. The molecule has 0 spiro atoms. The van der Waals surface area contributed by atoms with Crippen molar-refractivity contribution < 1.29 is 13.8 Å². The van der Waals surface area contributed by atoms with Crippen LogP contribution >= 0.6 is 0 Å². The fourth-order valence-electron chi connectivity index (χ4n) is 1.37. The molecule has 0 radical (unpaired) electrons. The van der Waals surface area contributed by atoms with Crippen molar-refractivity contribution in [2.24, 2.45) is 5.73 Å². The van der Waals surface area contributed by atoms with E-state index in [-0.39, 0.29) is 17.3 Å². The minimum absolute atomic E-state index is 0.0563. The molecule has 0 saturated heterocycles. The van der Waals surface area contributed by atoms with Gasteiger partial charge in [0.2, 0.25) is 0 Å². The van der Waals surface area contributed by atoms with Crippen LogP contribution in [0.4, 0.5) is 10.1 Å². The van der Waals surface area contributed by atoms with Gasteiger partial charge < -0.3 is 10.3 Å². The third-order valence-corrected chi connectivity index (χ3v) is 2.24. The second-order valence-electron chi connectivity index (χ2n) is 3.66. The van der Waals surface area contributed by atoms with Gasteiger partial charge in [-0.2, -0.15) is 4.98 Å². The molecule has 1 aromatic heterocycles. The molecule has 2 rings (SSSR count). The highest BCUT2D eigenvalue weighted by Gasteiger charge is 2.22. The third kappa shape index (κ3) is 2.18. The largest absolute Gasteiger partial charge is 0.334 e. The first-order valence-electron chi connectivity index (χ1n) is 5.02. The molecule has 0 saturated carbocycles. The Hall–Kier alpha value is -2.35. The van der Waals surface area contributed by atoms with Crippen molar-refractivity contribution >= 4 is 5.69 Å². The molecule has 2 N–H and O–H groups in total. The lowest BCUT2D eigenvalue weighted by atomic mass is 10.2. The molecule has 1 aromatic carbocycles. The first-order chi connectivity index (χ1) is 8.49. The van der Waals surface area contributed by atoms with Gasteiger partial charge in [0.1, 0.15) is 11.4 Å². The van der Waals surface area contributed by atoms with Gasteiger partial charge in [-0.1, -0.05) is 5.16 Å². The van der Waals surface area contributed by atoms with E-state index in [9.17, 15) is 14.5 Å². The van der Waals surface area contributed by atoms with E-state index in [2.05, 4.69) is 10.1 Å². The van der Waals surface area contributed by atoms with E-state index >= 15 is 0 Å². The Morgan fingerprint density at radius 3 is 2.83 bits per heavy atom. The predicted molar refractivity (Wildman–Crippen MR) is 58.9 cm³/mol. The molecule has 1 atom stereocenters. The standard InChI is InChI=1S/C10H9FN4O3/c1-5(12)9-13-10(18-14-9)7-3-2-6(11)4-8(7)15(16)17/h2-5H,12H2,1H3. The summed E-state index contributed by atoms with van der Waals surface area (Å²) in [5, 5.41) is 14.4. The smallest absolute Gasteiger partial charge is 0.285 e. The number of nitrogens with two attached hydrogens (primary N) is 1. The Labute approximate surface area is 101 Å². The molecule has 94 valence electrons. The van der Waals surface area contributed by atoms with Gasteiger partial charge in [-0.3, -0.25) is 10.1 Å². The zero-order chi connectivity index (χ0) is 13.3. The van der Waals surface area contributed by atoms with E-state index in [0.717, 1.165) is 12.1 Å². The molecule has 18 heavy (non-hydrogen) atoms. The maximum atomic E-state index is 13.0. The summed E-state index contributed by atoms with van der Waals surface area (Å²) in [7, 11) is 0. The molecule has 2 aromatic rings. The van der Waals surface area contributed by atoms with Crippen LogP contribution in [0.5, 0.6) is 0 Å². The molecule has 0 amide bonds. The van der Waals surface area contributed by atoms with Gasteiger partial charge in [0, 0.05) is 0 Å². The topological polar surface area (TPSA) is 108 Å². The van der Waals surface area contributed by atoms with Crippen LogP contribution in [0.15, 0.2) is 22.7 Å². The monoisotopic (exact) mass is 252 g/mol. The number of benzene rings is 1. The van der Waals surface area contributed by atoms with Crippen molar-refractivity contribution in [3.63, 3.8) is 0 Å². The second kappa shape index (κ2) is 4.49. The van der Waals surface area contributed by atoms with Gasteiger partial charge in [0.15, 0.2) is 5.82 Å². The van der Waals surface area contributed by atoms with E-state index in [4.69, 9.17) is 10.3 Å². The maximum Gasteiger partial charge on any atom is 0.285 e. The number of nitro groups is 1. The maximum absolute atomic E-state index is 13.0. The first-order valence-corrected chi connectivity index (χ1v) is 5.02. The highest BCUT2D eigenvalue weighted by molar-refractivity contribution is 5.66. The highest BCUT2D eigenvalue weighted by Crippen LogP contribution is 2.29. The Morgan fingerprint density at radius 1 is 1.56 bits per heavy atom. The van der Waals surface area contributed by atoms with E-state index in [1.807, 2.05) is 0 Å². The summed E-state index contributed by atoms with van der Waals surface area (Å²) in [6, 6.07) is 2.64. The molecule has 7 nitrogen and oxygen atoms in total. The van der Waals surface area contributed by atoms with Gasteiger partial charge in [0.25, 0.3) is 11.6 Å². The lowest BCUT2D eigenvalue weighted by molar-refractivity contribution is -0.384. The number of rotatable bonds is 3. The Morgan fingerprint density at radius 2 is 2.28 bits per heavy atom. The van der Waals surface area contributed by atoms with Gasteiger partial charge in [-0.05, 0) is 19.1 Å². The average Bonchev–Trinajstić information content (AvgIpc) is 2.78. The van der Waals surface area contributed by atoms with E-state index < -0.39 is 22.5 Å². The quantitative estimate of drug-likeness (QED) is 0.659. The molecule has 1 heterocycles. The molecule has 0 aliphatic heterocycles. The summed E-state index contributed by atoms with van der Waals surface area (Å²) in [6.45, 7) is 1.65. The van der Waals surface area contributed by atoms with Crippen molar-refractivity contribution in [1.29, 1.82) is 0 Å². The Bertz CT molecular complexity index is 597. The third-order valence-electron chi connectivity index (χ3n) is 2.24. The van der Waals surface area contributed by atoms with E-state index in [1.165, 1.54) is 6.07 Å². The molecule has 0 aliphatic rings. The van der Waals surface area contributed by atoms with Gasteiger partial charge in [-0.15, -0.1) is 0 Å². The fraction of sp³-hybridized carbons (Fsp3) is 0.200. The number of aromatic nitrogens is 2. The number of hydrogen-bond donors (Lipinski definition) is 1. The van der Waals surface area contributed by atoms with Crippen molar-refractivity contribution in [3.8, 4) is 11.5 Å². The zero-order valence-electron chi connectivity index (χ0n) is 9.33. The summed E-state index contributed by atoms with van der Waals surface area (Å²) < 4.78 is 17.8. The van der Waals surface area contributed by atoms with Crippen molar-refractivity contribution in [1.82, 2.24) is 10.1 Å². The summed E-state index contributed by atoms with van der Waals surface area (Å²) in [5.41, 5.74) is 5.17. The van der Waals surface area contributed by atoms with E-state index in [0.29, 0.717) is 0 Å². The predicted octanol–water partition coefficient (Wildman–Crippen LogP) is 1.80. The second-order valence-corrected chi connectivity index (χ2v) is 3.66. The number of hydrogen-bond acceptors (Lipinski definition) is 6. The van der Waals surface area contributed by atoms with Crippen LogP contribution < -0.4 is 5.73 Å². The lowest BCUT2D eigenvalue weighted by Gasteiger charge is -1.97. The van der Waals surface area contributed by atoms with Crippen molar-refractivity contribution in [2.75, 3.05) is 0 Å². The Kier molecular flexibility index (Phi) is 3.02. The molecular weight excluding hydrogens is 243 g/mol. The lowest BCUT2D eigenvalue weighted by Crippen LogP contribution is -2.06. The fourth-order valence-corrected chi connectivity index (χ4v) is 1.37. The van der Waals surface area contributed by atoms with E-state index in [1.54, 1.807) is 6.92 Å². The van der Waals surface area contributed by atoms with Crippen LogP contribution in [0, 0.1) is 15.9 Å². The molecule has 8 heteroatoms. The first kappa shape index (κ1) is 12.1. The molecule has 0 bridgehead atoms. The minimum atomic E-state index is -0.714. The van der Waals surface area contributed by atoms with Gasteiger partial charge in [-0.25, -0.2) is 4.39 Å². The van der Waals surface area contributed by atoms with Crippen LogP contribution in [-0.2, 0) is 0 Å². The van der Waals surface area contributed by atoms with Gasteiger partial charge in [0.05, 0.1) is 17.0 Å². The average molecular weight is 252 g/mol. The molecule has 0 fully saturated rings. The van der Waals surface area contributed by atoms with Crippen molar-refractivity contribution in [3.05, 3.63) is 40.0 Å². The summed E-state index contributed by atoms with van der Waals surface area (Å²) in [4.78, 5) is 14.0. The van der Waals surface area contributed by atoms with Crippen LogP contribution in [-0.4, -0.2) is 15.1 Å². The zero-order valence-corrected chi connectivity index (χ0v) is 9.33. The summed E-state index contributed by atoms with van der Waals surface area (Å²) in [5.74, 6) is -0.546. The summed E-state index contributed by atoms with van der Waals surface area (Å²) >= 11 is 0. The normalized spacial score (nSPS) is 12.4. The number of halogens is 1. The van der Waals surface area contributed by atoms with Crippen LogP contribution in [0.1, 0.15) is 18.8 Å². The molecule has 0 aliphatic carbocycles. The van der Waals surface area contributed by atoms with Crippen LogP contribution in [0.25, 0.3) is 11.5 Å². The molecule has 1 unspecified atom stereocenters. The van der Waals surface area contributed by atoms with Crippen LogP contribution in [0.3, 0.4) is 0 Å².